The van der Waals surface area contributed by atoms with E-state index in [2.05, 4.69) is 20.8 Å². The summed E-state index contributed by atoms with van der Waals surface area (Å²) in [4.78, 5) is 38.7. The third-order valence-electron chi connectivity index (χ3n) is 5.94. The topological polar surface area (TPSA) is 107 Å². The number of benzene rings is 2. The van der Waals surface area contributed by atoms with Crippen molar-refractivity contribution in [1.82, 2.24) is 20.2 Å². The fraction of sp³-hybridized carbons (Fsp3) is 0.304. The molecule has 162 valence electrons. The van der Waals surface area contributed by atoms with E-state index in [1.807, 2.05) is 4.68 Å². The summed E-state index contributed by atoms with van der Waals surface area (Å²) in [6.45, 7) is 0. The molecule has 0 aliphatic heterocycles. The maximum Gasteiger partial charge on any atom is 0.234 e. The molecule has 2 aliphatic rings. The molecule has 1 amide bonds. The van der Waals surface area contributed by atoms with Crippen LogP contribution >= 0.6 is 11.8 Å². The van der Waals surface area contributed by atoms with Gasteiger partial charge in [0, 0.05) is 16.7 Å². The summed E-state index contributed by atoms with van der Waals surface area (Å²) in [5, 5.41) is 15.4. The van der Waals surface area contributed by atoms with Gasteiger partial charge in [0.05, 0.1) is 23.0 Å². The Bertz CT molecular complexity index is 1220. The van der Waals surface area contributed by atoms with Gasteiger partial charge in [-0.25, -0.2) is 4.68 Å². The van der Waals surface area contributed by atoms with E-state index >= 15 is 0 Å². The minimum atomic E-state index is -0.291. The summed E-state index contributed by atoms with van der Waals surface area (Å²) in [6, 6.07) is 12.0. The van der Waals surface area contributed by atoms with Crippen molar-refractivity contribution < 1.29 is 14.4 Å². The van der Waals surface area contributed by atoms with Crippen molar-refractivity contribution in [2.75, 3.05) is 11.1 Å². The van der Waals surface area contributed by atoms with Gasteiger partial charge in [-0.1, -0.05) is 67.4 Å². The van der Waals surface area contributed by atoms with Crippen LogP contribution in [0, 0.1) is 0 Å². The largest absolute Gasteiger partial charge is 0.325 e. The van der Waals surface area contributed by atoms with E-state index in [9.17, 15) is 14.4 Å². The lowest BCUT2D eigenvalue weighted by Gasteiger charge is -2.22. The Kier molecular flexibility index (Phi) is 5.57. The molecule has 1 N–H and O–H groups in total. The monoisotopic (exact) mass is 447 g/mol. The average molecular weight is 448 g/mol. The number of nitrogens with zero attached hydrogens (tertiary/aromatic N) is 4. The van der Waals surface area contributed by atoms with E-state index in [1.165, 1.54) is 18.2 Å². The Hall–Kier alpha value is -3.33. The third kappa shape index (κ3) is 3.73. The molecule has 0 atom stereocenters. The normalized spacial score (nSPS) is 15.9. The van der Waals surface area contributed by atoms with Crippen LogP contribution in [0.25, 0.3) is 0 Å². The fourth-order valence-electron chi connectivity index (χ4n) is 4.40. The van der Waals surface area contributed by atoms with Gasteiger partial charge in [-0.05, 0) is 29.3 Å². The number of anilines is 1. The predicted octanol–water partition coefficient (Wildman–Crippen LogP) is 3.68. The van der Waals surface area contributed by atoms with Crippen molar-refractivity contribution in [2.24, 2.45) is 0 Å². The highest BCUT2D eigenvalue weighted by atomic mass is 32.2. The summed E-state index contributed by atoms with van der Waals surface area (Å²) in [5.74, 6) is -0.678. The fourth-order valence-corrected chi connectivity index (χ4v) is 5.15. The number of rotatable bonds is 5. The summed E-state index contributed by atoms with van der Waals surface area (Å²) in [5.41, 5.74) is 1.63. The number of tetrazole rings is 1. The molecular formula is C23H21N5O3S. The quantitative estimate of drug-likeness (QED) is 0.465. The Morgan fingerprint density at radius 1 is 0.969 bits per heavy atom. The van der Waals surface area contributed by atoms with Crippen LogP contribution in [0.5, 0.6) is 0 Å². The van der Waals surface area contributed by atoms with Gasteiger partial charge in [0.25, 0.3) is 0 Å². The van der Waals surface area contributed by atoms with E-state index in [4.69, 9.17) is 0 Å². The number of hydrogen-bond acceptors (Lipinski definition) is 7. The highest BCUT2D eigenvalue weighted by Crippen LogP contribution is 2.33. The van der Waals surface area contributed by atoms with Crippen molar-refractivity contribution in [3.63, 3.8) is 0 Å². The van der Waals surface area contributed by atoms with Crippen molar-refractivity contribution in [3.8, 4) is 0 Å². The highest BCUT2D eigenvalue weighted by Gasteiger charge is 2.31. The van der Waals surface area contributed by atoms with E-state index in [-0.39, 0.29) is 34.8 Å². The number of thioether (sulfide) groups is 1. The van der Waals surface area contributed by atoms with Crippen LogP contribution in [0.3, 0.4) is 0 Å². The standard InChI is InChI=1S/C23H21N5O3S/c29-19(13-32-23-25-26-27-28(23)14-7-2-1-3-8-14)24-18-12-6-11-17-20(18)22(31)16-10-5-4-9-15(16)21(17)30/h4-6,9-12,14H,1-3,7-8,13H2,(H,24,29). The van der Waals surface area contributed by atoms with Gasteiger partial charge in [0.15, 0.2) is 11.6 Å². The van der Waals surface area contributed by atoms with E-state index < -0.39 is 0 Å². The summed E-state index contributed by atoms with van der Waals surface area (Å²) in [6.07, 6.45) is 5.63. The van der Waals surface area contributed by atoms with Gasteiger partial charge in [-0.15, -0.1) is 5.10 Å². The van der Waals surface area contributed by atoms with Gasteiger partial charge in [0.2, 0.25) is 11.1 Å². The van der Waals surface area contributed by atoms with Crippen LogP contribution in [0.1, 0.15) is 70.0 Å². The first-order chi connectivity index (χ1) is 15.6. The number of fused-ring (bicyclic) bond motifs is 2. The first-order valence-corrected chi connectivity index (χ1v) is 11.6. The van der Waals surface area contributed by atoms with Crippen molar-refractivity contribution >= 4 is 34.9 Å². The second-order valence-corrected chi connectivity index (χ2v) is 8.91. The van der Waals surface area contributed by atoms with Crippen LogP contribution in [0.4, 0.5) is 5.69 Å². The Morgan fingerprint density at radius 2 is 1.69 bits per heavy atom. The molecule has 5 rings (SSSR count). The number of carbonyl (C=O) groups is 3. The van der Waals surface area contributed by atoms with Crippen molar-refractivity contribution in [3.05, 3.63) is 64.7 Å². The van der Waals surface area contributed by atoms with Crippen LogP contribution in [-0.2, 0) is 4.79 Å². The smallest absolute Gasteiger partial charge is 0.234 e. The molecule has 3 aromatic rings. The predicted molar refractivity (Wildman–Crippen MR) is 119 cm³/mol. The zero-order chi connectivity index (χ0) is 22.1. The number of hydrogen-bond donors (Lipinski definition) is 1. The molecule has 2 aromatic carbocycles. The molecule has 9 heteroatoms. The zero-order valence-corrected chi connectivity index (χ0v) is 18.1. The van der Waals surface area contributed by atoms with Crippen LogP contribution in [0.15, 0.2) is 47.6 Å². The first-order valence-electron chi connectivity index (χ1n) is 10.7. The van der Waals surface area contributed by atoms with E-state index in [0.29, 0.717) is 27.5 Å². The number of aromatic nitrogens is 4. The lowest BCUT2D eigenvalue weighted by Crippen LogP contribution is -2.24. The molecule has 2 aliphatic carbocycles. The molecule has 1 aromatic heterocycles. The molecule has 8 nitrogen and oxygen atoms in total. The Balaban J connectivity index is 1.32. The van der Waals surface area contributed by atoms with Gasteiger partial charge in [0.1, 0.15) is 0 Å². The molecule has 0 saturated heterocycles. The molecule has 0 radical (unpaired) electrons. The van der Waals surface area contributed by atoms with Gasteiger partial charge in [-0.2, -0.15) is 0 Å². The minimum Gasteiger partial charge on any atom is -0.325 e. The molecule has 0 bridgehead atoms. The molecule has 1 saturated carbocycles. The second kappa shape index (κ2) is 8.66. The molecule has 1 heterocycles. The van der Waals surface area contributed by atoms with Crippen LogP contribution in [-0.4, -0.2) is 43.4 Å². The van der Waals surface area contributed by atoms with Crippen LogP contribution < -0.4 is 5.32 Å². The SMILES string of the molecule is O=C(CSc1nnnn1C1CCCCC1)Nc1cccc2c1C(=O)c1ccccc1C2=O. The maximum absolute atomic E-state index is 13.1. The van der Waals surface area contributed by atoms with Gasteiger partial charge >= 0.3 is 0 Å². The lowest BCUT2D eigenvalue weighted by atomic mass is 9.83. The maximum atomic E-state index is 13.1. The number of nitrogens with one attached hydrogen (secondary N) is 1. The van der Waals surface area contributed by atoms with Gasteiger partial charge < -0.3 is 5.32 Å². The lowest BCUT2D eigenvalue weighted by molar-refractivity contribution is -0.113. The summed E-state index contributed by atoms with van der Waals surface area (Å²) >= 11 is 1.26. The van der Waals surface area contributed by atoms with Crippen molar-refractivity contribution in [1.29, 1.82) is 0 Å². The summed E-state index contributed by atoms with van der Waals surface area (Å²) < 4.78 is 1.82. The Labute approximate surface area is 188 Å². The van der Waals surface area contributed by atoms with Crippen molar-refractivity contribution in [2.45, 2.75) is 43.3 Å². The average Bonchev–Trinajstić information content (AvgIpc) is 3.30. The second-order valence-electron chi connectivity index (χ2n) is 7.97. The van der Waals surface area contributed by atoms with E-state index in [0.717, 1.165) is 25.7 Å². The third-order valence-corrected chi connectivity index (χ3v) is 6.88. The molecule has 0 unspecified atom stereocenters. The zero-order valence-electron chi connectivity index (χ0n) is 17.3. The number of ketones is 2. The molecule has 1 fully saturated rings. The van der Waals surface area contributed by atoms with E-state index in [1.54, 1.807) is 42.5 Å². The Morgan fingerprint density at radius 3 is 2.47 bits per heavy atom. The molecular weight excluding hydrogens is 426 g/mol. The highest BCUT2D eigenvalue weighted by molar-refractivity contribution is 7.99. The van der Waals surface area contributed by atoms with Gasteiger partial charge in [-0.3, -0.25) is 14.4 Å². The van der Waals surface area contributed by atoms with Crippen LogP contribution in [0.2, 0.25) is 0 Å². The molecule has 0 spiro atoms. The minimum absolute atomic E-state index is 0.0927. The number of carbonyl (C=O) groups excluding carboxylic acids is 3. The molecule has 32 heavy (non-hydrogen) atoms. The summed E-state index contributed by atoms with van der Waals surface area (Å²) in [7, 11) is 0. The number of amides is 1. The first kappa shape index (κ1) is 20.6.